The van der Waals surface area contributed by atoms with Crippen LogP contribution in [0.5, 0.6) is 0 Å². The molecule has 0 aliphatic carbocycles. The molecule has 1 aliphatic heterocycles. The lowest BCUT2D eigenvalue weighted by atomic mass is 9.88. The highest BCUT2D eigenvalue weighted by Gasteiger charge is 2.30. The van der Waals surface area contributed by atoms with E-state index in [2.05, 4.69) is 50.5 Å². The summed E-state index contributed by atoms with van der Waals surface area (Å²) in [5.41, 5.74) is 2.72. The maximum Gasteiger partial charge on any atom is 0.270 e. The van der Waals surface area contributed by atoms with Crippen molar-refractivity contribution in [3.63, 3.8) is 0 Å². The van der Waals surface area contributed by atoms with E-state index in [1.54, 1.807) is 18.5 Å². The average Bonchev–Trinajstić information content (AvgIpc) is 2.83. The second-order valence-electron chi connectivity index (χ2n) is 7.86. The average molecular weight is 401 g/mol. The molecule has 0 bridgehead atoms. The minimum atomic E-state index is -0.146. The van der Waals surface area contributed by atoms with Crippen molar-refractivity contribution in [1.29, 1.82) is 0 Å². The Morgan fingerprint density at radius 2 is 1.77 bits per heavy atom. The monoisotopic (exact) mass is 400 g/mol. The van der Waals surface area contributed by atoms with Gasteiger partial charge in [0, 0.05) is 25.5 Å². The van der Waals surface area contributed by atoms with Crippen molar-refractivity contribution in [1.82, 2.24) is 20.2 Å². The summed E-state index contributed by atoms with van der Waals surface area (Å²) in [6, 6.07) is 21.8. The molecule has 2 aromatic heterocycles. The highest BCUT2D eigenvalue weighted by molar-refractivity contribution is 5.92. The van der Waals surface area contributed by atoms with Gasteiger partial charge >= 0.3 is 0 Å². The summed E-state index contributed by atoms with van der Waals surface area (Å²) in [7, 11) is 0. The molecule has 1 aromatic carbocycles. The fraction of sp³-hybridized carbons (Fsp3) is 0.320. The molecule has 5 nitrogen and oxygen atoms in total. The van der Waals surface area contributed by atoms with Gasteiger partial charge in [0.05, 0.1) is 11.7 Å². The van der Waals surface area contributed by atoms with E-state index in [0.717, 1.165) is 44.6 Å². The Kier molecular flexibility index (Phi) is 6.83. The van der Waals surface area contributed by atoms with Crippen LogP contribution >= 0.6 is 0 Å². The van der Waals surface area contributed by atoms with E-state index in [-0.39, 0.29) is 11.9 Å². The smallest absolute Gasteiger partial charge is 0.270 e. The minimum Gasteiger partial charge on any atom is -0.342 e. The molecule has 3 heterocycles. The molecule has 5 heteroatoms. The molecule has 4 rings (SSSR count). The standard InChI is InChI=1S/C25H28N4O/c30-25(23-13-5-7-16-27-23)28-24(22-12-4-6-15-26-22)21-11-8-17-29(19-21)18-14-20-9-2-1-3-10-20/h1-7,9-10,12-13,15-16,21,24H,8,11,14,17-19H2,(H,28,30)/t21-,24-/m0/s1. The molecule has 30 heavy (non-hydrogen) atoms. The van der Waals surface area contributed by atoms with Crippen LogP contribution in [0.25, 0.3) is 0 Å². The molecular formula is C25H28N4O. The van der Waals surface area contributed by atoms with Crippen LogP contribution in [0.4, 0.5) is 0 Å². The lowest BCUT2D eigenvalue weighted by molar-refractivity contribution is 0.0876. The Labute approximate surface area is 178 Å². The Bertz CT molecular complexity index is 918. The van der Waals surface area contributed by atoms with Crippen molar-refractivity contribution in [2.24, 2.45) is 5.92 Å². The maximum atomic E-state index is 12.8. The Morgan fingerprint density at radius 3 is 2.50 bits per heavy atom. The summed E-state index contributed by atoms with van der Waals surface area (Å²) in [6.45, 7) is 3.09. The molecule has 1 aliphatic rings. The Morgan fingerprint density at radius 1 is 1.00 bits per heavy atom. The van der Waals surface area contributed by atoms with Gasteiger partial charge in [-0.2, -0.15) is 0 Å². The number of rotatable bonds is 7. The molecule has 0 spiro atoms. The van der Waals surface area contributed by atoms with Gasteiger partial charge in [0.25, 0.3) is 5.91 Å². The number of nitrogens with one attached hydrogen (secondary N) is 1. The number of carbonyl (C=O) groups excluding carboxylic acids is 1. The normalized spacial score (nSPS) is 17.9. The number of hydrogen-bond donors (Lipinski definition) is 1. The summed E-state index contributed by atoms with van der Waals surface area (Å²) in [6.07, 6.45) is 6.69. The van der Waals surface area contributed by atoms with Gasteiger partial charge in [-0.1, -0.05) is 42.5 Å². The van der Waals surface area contributed by atoms with Crippen LogP contribution in [0.1, 0.15) is 40.6 Å². The third-order valence-corrected chi connectivity index (χ3v) is 5.76. The second-order valence-corrected chi connectivity index (χ2v) is 7.86. The Balaban J connectivity index is 1.46. The lowest BCUT2D eigenvalue weighted by Gasteiger charge is -2.37. The minimum absolute atomic E-state index is 0.125. The first kappa shape index (κ1) is 20.2. The van der Waals surface area contributed by atoms with Crippen molar-refractivity contribution in [3.05, 3.63) is 96.1 Å². The van der Waals surface area contributed by atoms with Crippen molar-refractivity contribution in [2.45, 2.75) is 25.3 Å². The SMILES string of the molecule is O=C(N[C@H](c1ccccn1)[C@H]1CCCN(CCc2ccccc2)C1)c1ccccn1. The fourth-order valence-corrected chi connectivity index (χ4v) is 4.20. The van der Waals surface area contributed by atoms with Gasteiger partial charge in [-0.15, -0.1) is 0 Å². The van der Waals surface area contributed by atoms with Crippen LogP contribution in [0.3, 0.4) is 0 Å². The first-order valence-corrected chi connectivity index (χ1v) is 10.7. The summed E-state index contributed by atoms with van der Waals surface area (Å²) < 4.78 is 0. The van der Waals surface area contributed by atoms with Crippen molar-refractivity contribution in [2.75, 3.05) is 19.6 Å². The van der Waals surface area contributed by atoms with E-state index in [0.29, 0.717) is 11.6 Å². The first-order chi connectivity index (χ1) is 14.8. The molecule has 1 saturated heterocycles. The number of carbonyl (C=O) groups is 1. The van der Waals surface area contributed by atoms with Crippen molar-refractivity contribution < 1.29 is 4.79 Å². The second kappa shape index (κ2) is 10.1. The van der Waals surface area contributed by atoms with Gasteiger partial charge in [0.1, 0.15) is 5.69 Å². The molecule has 1 N–H and O–H groups in total. The predicted molar refractivity (Wildman–Crippen MR) is 118 cm³/mol. The zero-order chi connectivity index (χ0) is 20.6. The summed E-state index contributed by atoms with van der Waals surface area (Å²) in [4.78, 5) is 24.1. The predicted octanol–water partition coefficient (Wildman–Crippen LogP) is 3.90. The Hall–Kier alpha value is -3.05. The highest BCUT2D eigenvalue weighted by atomic mass is 16.1. The van der Waals surface area contributed by atoms with Crippen LogP contribution in [-0.2, 0) is 6.42 Å². The van der Waals surface area contributed by atoms with Gasteiger partial charge in [0.15, 0.2) is 0 Å². The number of hydrogen-bond acceptors (Lipinski definition) is 4. The highest BCUT2D eigenvalue weighted by Crippen LogP contribution is 2.29. The quantitative estimate of drug-likeness (QED) is 0.653. The maximum absolute atomic E-state index is 12.8. The summed E-state index contributed by atoms with van der Waals surface area (Å²) in [5, 5.41) is 3.22. The molecular weight excluding hydrogens is 372 g/mol. The number of amides is 1. The topological polar surface area (TPSA) is 58.1 Å². The lowest BCUT2D eigenvalue weighted by Crippen LogP contribution is -2.44. The van der Waals surface area contributed by atoms with Crippen LogP contribution in [0.2, 0.25) is 0 Å². The zero-order valence-corrected chi connectivity index (χ0v) is 17.2. The summed E-state index contributed by atoms with van der Waals surface area (Å²) >= 11 is 0. The van der Waals surface area contributed by atoms with Crippen molar-refractivity contribution >= 4 is 5.91 Å². The molecule has 2 atom stereocenters. The number of benzene rings is 1. The summed E-state index contributed by atoms with van der Waals surface area (Å²) in [5.74, 6) is 0.171. The fourth-order valence-electron chi connectivity index (χ4n) is 4.20. The number of piperidine rings is 1. The van der Waals surface area contributed by atoms with E-state index in [9.17, 15) is 4.79 Å². The largest absolute Gasteiger partial charge is 0.342 e. The van der Waals surface area contributed by atoms with E-state index in [4.69, 9.17) is 0 Å². The van der Waals surface area contributed by atoms with Crippen LogP contribution in [-0.4, -0.2) is 40.4 Å². The van der Waals surface area contributed by atoms with E-state index >= 15 is 0 Å². The number of nitrogens with zero attached hydrogens (tertiary/aromatic N) is 3. The van der Waals surface area contributed by atoms with Crippen LogP contribution < -0.4 is 5.32 Å². The molecule has 1 fully saturated rings. The van der Waals surface area contributed by atoms with E-state index in [1.807, 2.05) is 30.3 Å². The molecule has 0 unspecified atom stereocenters. The molecule has 0 saturated carbocycles. The molecule has 1 amide bonds. The van der Waals surface area contributed by atoms with Crippen LogP contribution in [0.15, 0.2) is 79.1 Å². The molecule has 154 valence electrons. The number of likely N-dealkylation sites (tertiary alicyclic amines) is 1. The van der Waals surface area contributed by atoms with Crippen LogP contribution in [0, 0.1) is 5.92 Å². The first-order valence-electron chi connectivity index (χ1n) is 10.7. The zero-order valence-electron chi connectivity index (χ0n) is 17.2. The third-order valence-electron chi connectivity index (χ3n) is 5.76. The van der Waals surface area contributed by atoms with Gasteiger partial charge in [-0.05, 0) is 61.6 Å². The third kappa shape index (κ3) is 5.30. The van der Waals surface area contributed by atoms with Gasteiger partial charge in [-0.25, -0.2) is 0 Å². The number of aromatic nitrogens is 2. The number of pyridine rings is 2. The molecule has 3 aromatic rings. The van der Waals surface area contributed by atoms with Gasteiger partial charge < -0.3 is 10.2 Å². The van der Waals surface area contributed by atoms with Crippen molar-refractivity contribution in [3.8, 4) is 0 Å². The van der Waals surface area contributed by atoms with Gasteiger partial charge in [-0.3, -0.25) is 14.8 Å². The molecule has 0 radical (unpaired) electrons. The van der Waals surface area contributed by atoms with Gasteiger partial charge in [0.2, 0.25) is 0 Å². The van der Waals surface area contributed by atoms with E-state index < -0.39 is 0 Å². The van der Waals surface area contributed by atoms with E-state index in [1.165, 1.54) is 5.56 Å².